The van der Waals surface area contributed by atoms with E-state index in [4.69, 9.17) is 0 Å². The SMILES string of the molecule is CC1=C[C@H](CC(C)C)CC=C1CCC=O. The van der Waals surface area contributed by atoms with Gasteiger partial charge in [-0.3, -0.25) is 0 Å². The Hall–Kier alpha value is -0.850. The second kappa shape index (κ2) is 5.89. The molecule has 0 aromatic carbocycles. The number of allylic oxidation sites excluding steroid dienone is 4. The molecule has 15 heavy (non-hydrogen) atoms. The van der Waals surface area contributed by atoms with E-state index in [1.54, 1.807) is 0 Å². The van der Waals surface area contributed by atoms with Crippen LogP contribution in [0.25, 0.3) is 0 Å². The molecule has 0 heterocycles. The second-order valence-corrected chi connectivity index (χ2v) is 4.91. The topological polar surface area (TPSA) is 17.1 Å². The average Bonchev–Trinajstić information content (AvgIpc) is 2.15. The van der Waals surface area contributed by atoms with Crippen molar-refractivity contribution in [2.24, 2.45) is 11.8 Å². The van der Waals surface area contributed by atoms with Gasteiger partial charge in [0.15, 0.2) is 0 Å². The van der Waals surface area contributed by atoms with Crippen LogP contribution in [0.2, 0.25) is 0 Å². The Balaban J connectivity index is 2.51. The smallest absolute Gasteiger partial charge is 0.120 e. The maximum atomic E-state index is 10.3. The van der Waals surface area contributed by atoms with Crippen LogP contribution < -0.4 is 0 Å². The Morgan fingerprint density at radius 1 is 1.53 bits per heavy atom. The van der Waals surface area contributed by atoms with Gasteiger partial charge in [0.2, 0.25) is 0 Å². The van der Waals surface area contributed by atoms with Gasteiger partial charge in [-0.05, 0) is 43.6 Å². The second-order valence-electron chi connectivity index (χ2n) is 4.91. The zero-order chi connectivity index (χ0) is 11.3. The molecule has 0 aromatic heterocycles. The highest BCUT2D eigenvalue weighted by molar-refractivity contribution is 5.51. The third kappa shape index (κ3) is 4.03. The molecule has 84 valence electrons. The van der Waals surface area contributed by atoms with E-state index in [9.17, 15) is 4.79 Å². The lowest BCUT2D eigenvalue weighted by Gasteiger charge is -2.21. The van der Waals surface area contributed by atoms with Crippen LogP contribution in [0.3, 0.4) is 0 Å². The van der Waals surface area contributed by atoms with E-state index < -0.39 is 0 Å². The summed E-state index contributed by atoms with van der Waals surface area (Å²) < 4.78 is 0. The van der Waals surface area contributed by atoms with E-state index in [0.717, 1.165) is 25.0 Å². The fraction of sp³-hybridized carbons (Fsp3) is 0.643. The minimum atomic E-state index is 0.659. The summed E-state index contributed by atoms with van der Waals surface area (Å²) in [6.07, 6.45) is 9.73. The van der Waals surface area contributed by atoms with Crippen LogP contribution in [-0.2, 0) is 4.79 Å². The summed E-state index contributed by atoms with van der Waals surface area (Å²) in [7, 11) is 0. The number of rotatable bonds is 5. The van der Waals surface area contributed by atoms with Gasteiger partial charge in [-0.1, -0.05) is 31.6 Å². The molecule has 0 fully saturated rings. The Labute approximate surface area is 93.3 Å². The van der Waals surface area contributed by atoms with E-state index in [2.05, 4.69) is 32.9 Å². The summed E-state index contributed by atoms with van der Waals surface area (Å²) in [6, 6.07) is 0. The minimum Gasteiger partial charge on any atom is -0.303 e. The molecule has 0 unspecified atom stereocenters. The van der Waals surface area contributed by atoms with Crippen LogP contribution in [-0.4, -0.2) is 6.29 Å². The maximum absolute atomic E-state index is 10.3. The lowest BCUT2D eigenvalue weighted by Crippen LogP contribution is -2.06. The zero-order valence-electron chi connectivity index (χ0n) is 10.1. The van der Waals surface area contributed by atoms with E-state index in [-0.39, 0.29) is 0 Å². The lowest BCUT2D eigenvalue weighted by atomic mass is 9.85. The van der Waals surface area contributed by atoms with Crippen LogP contribution in [0.4, 0.5) is 0 Å². The number of hydrogen-bond donors (Lipinski definition) is 0. The predicted molar refractivity (Wildman–Crippen MR) is 64.7 cm³/mol. The van der Waals surface area contributed by atoms with Crippen molar-refractivity contribution in [1.29, 1.82) is 0 Å². The van der Waals surface area contributed by atoms with Gasteiger partial charge >= 0.3 is 0 Å². The first-order chi connectivity index (χ1) is 7.13. The van der Waals surface area contributed by atoms with Crippen LogP contribution in [0, 0.1) is 11.8 Å². The third-order valence-corrected chi connectivity index (χ3v) is 2.96. The summed E-state index contributed by atoms with van der Waals surface area (Å²) in [6.45, 7) is 6.71. The molecule has 1 nitrogen and oxygen atoms in total. The number of carbonyl (C=O) groups excluding carboxylic acids is 1. The summed E-state index contributed by atoms with van der Waals surface area (Å²) in [5.74, 6) is 1.48. The van der Waals surface area contributed by atoms with E-state index in [0.29, 0.717) is 12.3 Å². The van der Waals surface area contributed by atoms with Crippen molar-refractivity contribution in [3.63, 3.8) is 0 Å². The van der Waals surface area contributed by atoms with E-state index in [1.807, 2.05) is 0 Å². The van der Waals surface area contributed by atoms with Gasteiger partial charge in [-0.25, -0.2) is 0 Å². The Morgan fingerprint density at radius 2 is 2.27 bits per heavy atom. The van der Waals surface area contributed by atoms with Gasteiger partial charge in [0, 0.05) is 6.42 Å². The largest absolute Gasteiger partial charge is 0.303 e. The molecule has 1 atom stereocenters. The van der Waals surface area contributed by atoms with Gasteiger partial charge in [0.25, 0.3) is 0 Å². The van der Waals surface area contributed by atoms with Gasteiger partial charge < -0.3 is 4.79 Å². The first-order valence-corrected chi connectivity index (χ1v) is 5.95. The standard InChI is InChI=1S/C14H22O/c1-11(2)9-13-6-7-14(5-4-8-15)12(3)10-13/h7-8,10-11,13H,4-6,9H2,1-3H3/t13-/m0/s1. The molecule has 0 amide bonds. The van der Waals surface area contributed by atoms with Gasteiger partial charge in [-0.15, -0.1) is 0 Å². The molecule has 0 saturated heterocycles. The van der Waals surface area contributed by atoms with Crippen molar-refractivity contribution < 1.29 is 4.79 Å². The molecular formula is C14H22O. The van der Waals surface area contributed by atoms with Crippen LogP contribution in [0.15, 0.2) is 23.3 Å². The Kier molecular flexibility index (Phi) is 4.80. The molecule has 1 aliphatic rings. The van der Waals surface area contributed by atoms with Crippen molar-refractivity contribution >= 4 is 6.29 Å². The van der Waals surface area contributed by atoms with Crippen molar-refractivity contribution in [2.75, 3.05) is 0 Å². The number of aldehydes is 1. The highest BCUT2D eigenvalue weighted by Gasteiger charge is 2.13. The van der Waals surface area contributed by atoms with Gasteiger partial charge in [-0.2, -0.15) is 0 Å². The summed E-state index contributed by atoms with van der Waals surface area (Å²) >= 11 is 0. The molecule has 0 aliphatic heterocycles. The molecule has 0 N–H and O–H groups in total. The van der Waals surface area contributed by atoms with Crippen molar-refractivity contribution in [2.45, 2.75) is 46.5 Å². The fourth-order valence-electron chi connectivity index (χ4n) is 2.27. The van der Waals surface area contributed by atoms with Gasteiger partial charge in [0.1, 0.15) is 6.29 Å². The fourth-order valence-corrected chi connectivity index (χ4v) is 2.27. The molecule has 1 rings (SSSR count). The average molecular weight is 206 g/mol. The van der Waals surface area contributed by atoms with Crippen LogP contribution in [0.1, 0.15) is 46.5 Å². The van der Waals surface area contributed by atoms with Crippen molar-refractivity contribution in [1.82, 2.24) is 0 Å². The quantitative estimate of drug-likeness (QED) is 0.623. The first kappa shape index (κ1) is 12.2. The molecule has 0 aromatic rings. The van der Waals surface area contributed by atoms with E-state index in [1.165, 1.54) is 17.6 Å². The molecule has 1 heteroatoms. The van der Waals surface area contributed by atoms with Crippen LogP contribution in [0.5, 0.6) is 0 Å². The third-order valence-electron chi connectivity index (χ3n) is 2.96. The van der Waals surface area contributed by atoms with Gasteiger partial charge in [0.05, 0.1) is 0 Å². The molecular weight excluding hydrogens is 184 g/mol. The Morgan fingerprint density at radius 3 is 2.80 bits per heavy atom. The van der Waals surface area contributed by atoms with Crippen LogP contribution >= 0.6 is 0 Å². The molecule has 0 bridgehead atoms. The molecule has 0 spiro atoms. The monoisotopic (exact) mass is 206 g/mol. The number of carbonyl (C=O) groups is 1. The maximum Gasteiger partial charge on any atom is 0.120 e. The molecule has 0 radical (unpaired) electrons. The highest BCUT2D eigenvalue weighted by atomic mass is 16.1. The lowest BCUT2D eigenvalue weighted by molar-refractivity contribution is -0.107. The predicted octanol–water partition coefficient (Wildman–Crippen LogP) is 3.90. The van der Waals surface area contributed by atoms with E-state index >= 15 is 0 Å². The van der Waals surface area contributed by atoms with Crippen molar-refractivity contribution in [3.05, 3.63) is 23.3 Å². The number of hydrogen-bond acceptors (Lipinski definition) is 1. The zero-order valence-corrected chi connectivity index (χ0v) is 10.1. The Bertz CT molecular complexity index is 271. The minimum absolute atomic E-state index is 0.659. The molecule has 1 aliphatic carbocycles. The highest BCUT2D eigenvalue weighted by Crippen LogP contribution is 2.29. The summed E-state index contributed by atoms with van der Waals surface area (Å²) in [4.78, 5) is 10.3. The summed E-state index contributed by atoms with van der Waals surface area (Å²) in [5.41, 5.74) is 2.76. The van der Waals surface area contributed by atoms with Crippen molar-refractivity contribution in [3.8, 4) is 0 Å². The normalized spacial score (nSPS) is 21.2. The summed E-state index contributed by atoms with van der Waals surface area (Å²) in [5, 5.41) is 0. The first-order valence-electron chi connectivity index (χ1n) is 5.95. The molecule has 0 saturated carbocycles.